The molecule has 3 heterocycles. The number of para-hydroxylation sites is 2. The average molecular weight is 697 g/mol. The number of rotatable bonds is 6. The SMILES string of the molecule is c1ccc(-c2nc(-c3ccccc3)nc(-c3cc4sccc4cc3N3c4ccccc4C(c4ccccc4)(c4ccccc4)c4ccccc43)n2)cc1. The van der Waals surface area contributed by atoms with Gasteiger partial charge in [-0.15, -0.1) is 11.3 Å². The fourth-order valence-corrected chi connectivity index (χ4v) is 8.77. The molecular formula is C48H32N4S. The summed E-state index contributed by atoms with van der Waals surface area (Å²) in [6.45, 7) is 0. The van der Waals surface area contributed by atoms with Crippen LogP contribution in [0.4, 0.5) is 17.1 Å². The lowest BCUT2D eigenvalue weighted by atomic mass is 9.62. The van der Waals surface area contributed by atoms with Crippen LogP contribution in [0.15, 0.2) is 193 Å². The summed E-state index contributed by atoms with van der Waals surface area (Å²) in [6, 6.07) is 66.7. The number of fused-ring (bicyclic) bond motifs is 3. The molecule has 0 fully saturated rings. The number of aromatic nitrogens is 3. The maximum absolute atomic E-state index is 5.24. The van der Waals surface area contributed by atoms with Gasteiger partial charge in [0.25, 0.3) is 0 Å². The molecule has 0 amide bonds. The Morgan fingerprint density at radius 2 is 0.868 bits per heavy atom. The molecule has 9 aromatic rings. The molecule has 0 aliphatic carbocycles. The van der Waals surface area contributed by atoms with Crippen LogP contribution in [-0.2, 0) is 5.41 Å². The third kappa shape index (κ3) is 5.08. The standard InChI is InChI=1S/C48H32N4S/c1-5-17-33(18-6-1)45-49-46(34-19-7-2-8-20-34)51-47(50-45)38-32-44-35(29-30-53-44)31-43(38)52-41-27-15-13-25-39(41)48(36-21-9-3-10-22-36,37-23-11-4-12-24-37)40-26-14-16-28-42(40)52/h1-32H. The second kappa shape index (κ2) is 12.8. The van der Waals surface area contributed by atoms with Gasteiger partial charge in [-0.2, -0.15) is 0 Å². The first-order chi connectivity index (χ1) is 26.3. The first kappa shape index (κ1) is 31.1. The summed E-state index contributed by atoms with van der Waals surface area (Å²) in [5.41, 5.74) is 10.3. The highest BCUT2D eigenvalue weighted by molar-refractivity contribution is 7.17. The van der Waals surface area contributed by atoms with Gasteiger partial charge in [-0.25, -0.2) is 15.0 Å². The second-order valence-electron chi connectivity index (χ2n) is 13.2. The summed E-state index contributed by atoms with van der Waals surface area (Å²) in [6.07, 6.45) is 0. The molecule has 0 N–H and O–H groups in total. The molecule has 1 aliphatic rings. The second-order valence-corrected chi connectivity index (χ2v) is 14.2. The Morgan fingerprint density at radius 3 is 1.40 bits per heavy atom. The van der Waals surface area contributed by atoms with Crippen molar-refractivity contribution in [1.82, 2.24) is 15.0 Å². The van der Waals surface area contributed by atoms with Crippen molar-refractivity contribution in [2.75, 3.05) is 4.90 Å². The van der Waals surface area contributed by atoms with Gasteiger partial charge in [0.1, 0.15) is 0 Å². The van der Waals surface area contributed by atoms with Crippen molar-refractivity contribution in [3.63, 3.8) is 0 Å². The van der Waals surface area contributed by atoms with Crippen LogP contribution < -0.4 is 4.90 Å². The summed E-state index contributed by atoms with van der Waals surface area (Å²) < 4.78 is 1.17. The molecule has 0 bridgehead atoms. The van der Waals surface area contributed by atoms with Crippen LogP contribution in [-0.4, -0.2) is 15.0 Å². The number of hydrogen-bond donors (Lipinski definition) is 0. The molecule has 0 atom stereocenters. The van der Waals surface area contributed by atoms with E-state index in [0.29, 0.717) is 17.5 Å². The fourth-order valence-electron chi connectivity index (χ4n) is 7.96. The van der Waals surface area contributed by atoms with Crippen molar-refractivity contribution in [1.29, 1.82) is 0 Å². The topological polar surface area (TPSA) is 41.9 Å². The van der Waals surface area contributed by atoms with Gasteiger partial charge in [-0.05, 0) is 63.4 Å². The van der Waals surface area contributed by atoms with E-state index >= 15 is 0 Å². The summed E-state index contributed by atoms with van der Waals surface area (Å²) in [4.78, 5) is 17.9. The lowest BCUT2D eigenvalue weighted by molar-refractivity contribution is 0.731. The summed E-state index contributed by atoms with van der Waals surface area (Å²) in [5.74, 6) is 1.90. The van der Waals surface area contributed by atoms with Gasteiger partial charge >= 0.3 is 0 Å². The summed E-state index contributed by atoms with van der Waals surface area (Å²) in [5, 5.41) is 3.33. The highest BCUT2D eigenvalue weighted by atomic mass is 32.1. The van der Waals surface area contributed by atoms with Gasteiger partial charge in [0, 0.05) is 21.4 Å². The van der Waals surface area contributed by atoms with Crippen molar-refractivity contribution in [3.05, 3.63) is 216 Å². The molecule has 5 heteroatoms. The Morgan fingerprint density at radius 1 is 0.415 bits per heavy atom. The van der Waals surface area contributed by atoms with Gasteiger partial charge in [0.2, 0.25) is 0 Å². The van der Waals surface area contributed by atoms with Crippen LogP contribution in [0.3, 0.4) is 0 Å². The molecule has 10 rings (SSSR count). The van der Waals surface area contributed by atoms with E-state index < -0.39 is 5.41 Å². The first-order valence-electron chi connectivity index (χ1n) is 17.8. The lowest BCUT2D eigenvalue weighted by Gasteiger charge is -2.46. The monoisotopic (exact) mass is 696 g/mol. The molecule has 0 saturated heterocycles. The minimum absolute atomic E-state index is 0.563. The van der Waals surface area contributed by atoms with Crippen LogP contribution >= 0.6 is 11.3 Å². The molecule has 0 saturated carbocycles. The maximum Gasteiger partial charge on any atom is 0.166 e. The molecular weight excluding hydrogens is 665 g/mol. The van der Waals surface area contributed by atoms with Gasteiger partial charge in [-0.3, -0.25) is 0 Å². The summed E-state index contributed by atoms with van der Waals surface area (Å²) in [7, 11) is 0. The Labute approximate surface area is 312 Å². The van der Waals surface area contributed by atoms with Crippen LogP contribution in [0, 0.1) is 0 Å². The number of thiophene rings is 1. The number of benzene rings is 7. The van der Waals surface area contributed by atoms with Crippen molar-refractivity contribution in [3.8, 4) is 34.2 Å². The van der Waals surface area contributed by atoms with Gasteiger partial charge in [0.05, 0.1) is 22.5 Å². The normalized spacial score (nSPS) is 13.0. The van der Waals surface area contributed by atoms with Crippen molar-refractivity contribution in [2.24, 2.45) is 0 Å². The molecule has 53 heavy (non-hydrogen) atoms. The van der Waals surface area contributed by atoms with Gasteiger partial charge < -0.3 is 4.90 Å². The van der Waals surface area contributed by atoms with Crippen LogP contribution in [0.2, 0.25) is 0 Å². The zero-order valence-corrected chi connectivity index (χ0v) is 29.5. The van der Waals surface area contributed by atoms with E-state index in [-0.39, 0.29) is 0 Å². The third-order valence-corrected chi connectivity index (χ3v) is 11.1. The van der Waals surface area contributed by atoms with E-state index in [1.807, 2.05) is 36.4 Å². The van der Waals surface area contributed by atoms with Crippen LogP contribution in [0.1, 0.15) is 22.3 Å². The quantitative estimate of drug-likeness (QED) is 0.174. The van der Waals surface area contributed by atoms with Gasteiger partial charge in [0.15, 0.2) is 17.5 Å². The van der Waals surface area contributed by atoms with Crippen molar-refractivity contribution < 1.29 is 0 Å². The largest absolute Gasteiger partial charge is 0.309 e. The highest BCUT2D eigenvalue weighted by Gasteiger charge is 2.46. The van der Waals surface area contributed by atoms with Gasteiger partial charge in [-0.1, -0.05) is 158 Å². The number of hydrogen-bond acceptors (Lipinski definition) is 5. The lowest BCUT2D eigenvalue weighted by Crippen LogP contribution is -2.37. The molecule has 0 spiro atoms. The zero-order chi connectivity index (χ0) is 35.2. The molecule has 1 aliphatic heterocycles. The van der Waals surface area contributed by atoms with E-state index in [9.17, 15) is 0 Å². The van der Waals surface area contributed by atoms with E-state index in [2.05, 4.69) is 162 Å². The molecule has 4 nitrogen and oxygen atoms in total. The smallest absolute Gasteiger partial charge is 0.166 e. The van der Waals surface area contributed by atoms with E-state index in [1.165, 1.54) is 32.3 Å². The maximum atomic E-state index is 5.24. The first-order valence-corrected chi connectivity index (χ1v) is 18.7. The van der Waals surface area contributed by atoms with Crippen LogP contribution in [0.5, 0.6) is 0 Å². The average Bonchev–Trinajstić information content (AvgIpc) is 3.71. The predicted octanol–water partition coefficient (Wildman–Crippen LogP) is 12.3. The number of anilines is 3. The molecule has 250 valence electrons. The van der Waals surface area contributed by atoms with Crippen LogP contribution in [0.25, 0.3) is 44.2 Å². The summed E-state index contributed by atoms with van der Waals surface area (Å²) >= 11 is 1.73. The zero-order valence-electron chi connectivity index (χ0n) is 28.7. The minimum atomic E-state index is -0.563. The van der Waals surface area contributed by atoms with Crippen molar-refractivity contribution >= 4 is 38.5 Å². The third-order valence-electron chi connectivity index (χ3n) is 10.3. The Bertz CT molecular complexity index is 2580. The number of nitrogens with zero attached hydrogens (tertiary/aromatic N) is 4. The van der Waals surface area contributed by atoms with E-state index in [4.69, 9.17) is 15.0 Å². The molecule has 0 unspecified atom stereocenters. The molecule has 2 aromatic heterocycles. The molecule has 7 aromatic carbocycles. The van der Waals surface area contributed by atoms with E-state index in [0.717, 1.165) is 33.8 Å². The van der Waals surface area contributed by atoms with Crippen molar-refractivity contribution in [2.45, 2.75) is 5.41 Å². The Hall–Kier alpha value is -6.69. The molecule has 0 radical (unpaired) electrons. The van der Waals surface area contributed by atoms with E-state index in [1.54, 1.807) is 11.3 Å². The fraction of sp³-hybridized carbons (Fsp3) is 0.0208. The Kier molecular flexibility index (Phi) is 7.52. The predicted molar refractivity (Wildman–Crippen MR) is 218 cm³/mol. The minimum Gasteiger partial charge on any atom is -0.309 e. The highest BCUT2D eigenvalue weighted by Crippen LogP contribution is 2.58. The Balaban J connectivity index is 1.28.